The Kier molecular flexibility index (Phi) is 6.36. The van der Waals surface area contributed by atoms with Crippen molar-refractivity contribution in [2.75, 3.05) is 56.2 Å². The molecule has 4 rings (SSSR count). The van der Waals surface area contributed by atoms with Crippen molar-refractivity contribution >= 4 is 29.7 Å². The number of likely N-dealkylation sites (N-methyl/N-ethyl adjacent to an activating group) is 1. The third-order valence-corrected chi connectivity index (χ3v) is 5.61. The number of hydrogen-bond acceptors (Lipinski definition) is 6. The monoisotopic (exact) mass is 441 g/mol. The quantitative estimate of drug-likeness (QED) is 0.641. The number of carbonyl (C=O) groups excluding carboxylic acids is 3. The van der Waals surface area contributed by atoms with Gasteiger partial charge in [0, 0.05) is 25.7 Å². The van der Waals surface area contributed by atoms with Crippen LogP contribution in [0.25, 0.3) is 0 Å². The highest BCUT2D eigenvalue weighted by atomic mass is 19.1. The molecule has 2 aliphatic rings. The van der Waals surface area contributed by atoms with Crippen LogP contribution in [0.15, 0.2) is 42.5 Å². The van der Waals surface area contributed by atoms with Crippen molar-refractivity contribution in [2.24, 2.45) is 0 Å². The van der Waals surface area contributed by atoms with Crippen molar-refractivity contribution in [3.8, 4) is 0 Å². The van der Waals surface area contributed by atoms with Gasteiger partial charge in [0.1, 0.15) is 11.9 Å². The van der Waals surface area contributed by atoms with Gasteiger partial charge in [0.05, 0.1) is 43.2 Å². The third-order valence-electron chi connectivity index (χ3n) is 5.61. The van der Waals surface area contributed by atoms with Gasteiger partial charge in [-0.1, -0.05) is 18.2 Å². The third kappa shape index (κ3) is 4.43. The van der Waals surface area contributed by atoms with E-state index in [1.165, 1.54) is 15.9 Å². The van der Waals surface area contributed by atoms with Gasteiger partial charge in [-0.2, -0.15) is 0 Å². The van der Waals surface area contributed by atoms with Gasteiger partial charge in [-0.3, -0.25) is 14.5 Å². The van der Waals surface area contributed by atoms with Gasteiger partial charge in [-0.05, 0) is 24.3 Å². The number of ether oxygens (including phenoxy) is 2. The van der Waals surface area contributed by atoms with E-state index in [9.17, 15) is 18.8 Å². The molecule has 0 radical (unpaired) electrons. The van der Waals surface area contributed by atoms with Crippen molar-refractivity contribution in [3.63, 3.8) is 0 Å². The average Bonchev–Trinajstić information content (AvgIpc) is 3.18. The maximum absolute atomic E-state index is 14.7. The highest BCUT2D eigenvalue weighted by molar-refractivity contribution is 6.01. The molecule has 2 heterocycles. The van der Waals surface area contributed by atoms with Crippen LogP contribution in [0.3, 0.4) is 0 Å². The fourth-order valence-electron chi connectivity index (χ4n) is 3.94. The van der Waals surface area contributed by atoms with Gasteiger partial charge in [0.15, 0.2) is 6.29 Å². The van der Waals surface area contributed by atoms with Gasteiger partial charge >= 0.3 is 6.09 Å². The first-order valence-corrected chi connectivity index (χ1v) is 10.4. The lowest BCUT2D eigenvalue weighted by molar-refractivity contribution is 0.0693. The first-order chi connectivity index (χ1) is 15.5. The van der Waals surface area contributed by atoms with Crippen LogP contribution in [0.5, 0.6) is 0 Å². The molecule has 2 aliphatic heterocycles. The number of amides is 2. The van der Waals surface area contributed by atoms with E-state index in [0.29, 0.717) is 49.5 Å². The molecule has 0 aliphatic carbocycles. The molecule has 2 fully saturated rings. The van der Waals surface area contributed by atoms with Crippen molar-refractivity contribution < 1.29 is 28.2 Å². The Morgan fingerprint density at radius 2 is 1.97 bits per heavy atom. The molecular formula is C23H24FN3O5. The molecular weight excluding hydrogens is 417 g/mol. The zero-order valence-electron chi connectivity index (χ0n) is 17.7. The summed E-state index contributed by atoms with van der Waals surface area (Å²) in [5, 5.41) is 0. The second-order valence-electron chi connectivity index (χ2n) is 7.74. The maximum atomic E-state index is 14.7. The predicted octanol–water partition coefficient (Wildman–Crippen LogP) is 2.57. The number of hydrogen-bond donors (Lipinski definition) is 0. The summed E-state index contributed by atoms with van der Waals surface area (Å²) in [4.78, 5) is 41.0. The molecule has 2 aromatic carbocycles. The first kappa shape index (κ1) is 21.8. The van der Waals surface area contributed by atoms with Crippen LogP contribution in [0.2, 0.25) is 0 Å². The minimum absolute atomic E-state index is 0.141. The van der Waals surface area contributed by atoms with Crippen molar-refractivity contribution in [1.29, 1.82) is 0 Å². The average molecular weight is 441 g/mol. The lowest BCUT2D eigenvalue weighted by Gasteiger charge is -2.29. The van der Waals surface area contributed by atoms with Gasteiger partial charge in [-0.15, -0.1) is 0 Å². The molecule has 8 nitrogen and oxygen atoms in total. The van der Waals surface area contributed by atoms with Crippen LogP contribution in [0, 0.1) is 5.82 Å². The topological polar surface area (TPSA) is 79.4 Å². The number of morpholine rings is 1. The summed E-state index contributed by atoms with van der Waals surface area (Å²) >= 11 is 0. The molecule has 2 aromatic rings. The van der Waals surface area contributed by atoms with Crippen LogP contribution in [0.1, 0.15) is 20.7 Å². The summed E-state index contributed by atoms with van der Waals surface area (Å²) in [7, 11) is 1.58. The lowest BCUT2D eigenvalue weighted by atomic mass is 10.1. The molecule has 1 atom stereocenters. The van der Waals surface area contributed by atoms with Gasteiger partial charge in [-0.25, -0.2) is 9.18 Å². The van der Waals surface area contributed by atoms with Crippen molar-refractivity contribution in [3.05, 3.63) is 59.4 Å². The number of halogens is 1. The summed E-state index contributed by atoms with van der Waals surface area (Å²) < 4.78 is 25.4. The van der Waals surface area contributed by atoms with Crippen LogP contribution in [-0.4, -0.2) is 75.7 Å². The van der Waals surface area contributed by atoms with E-state index in [2.05, 4.69) is 0 Å². The molecule has 168 valence electrons. The number of carbonyl (C=O) groups is 3. The number of benzene rings is 2. The normalized spacial score (nSPS) is 18.4. The molecule has 2 amide bonds. The van der Waals surface area contributed by atoms with Crippen molar-refractivity contribution in [2.45, 2.75) is 6.10 Å². The number of cyclic esters (lactones) is 1. The summed E-state index contributed by atoms with van der Waals surface area (Å²) in [6.07, 6.45) is -0.544. The number of aldehydes is 1. The van der Waals surface area contributed by atoms with Crippen LogP contribution < -0.4 is 9.80 Å². The zero-order valence-corrected chi connectivity index (χ0v) is 17.7. The predicted molar refractivity (Wildman–Crippen MR) is 116 cm³/mol. The van der Waals surface area contributed by atoms with E-state index in [-0.39, 0.29) is 24.6 Å². The minimum Gasteiger partial charge on any atom is -0.442 e. The van der Waals surface area contributed by atoms with Gasteiger partial charge in [0.25, 0.3) is 5.91 Å². The zero-order chi connectivity index (χ0) is 22.7. The highest BCUT2D eigenvalue weighted by Crippen LogP contribution is 2.28. The standard InChI is InChI=1S/C23H24FN3O5/c1-25(22(29)19-5-3-2-4-16(19)15-28)13-18-14-27(23(30)32-18)17-6-7-21(20(24)12-17)26-8-10-31-11-9-26/h2-7,12,15,18H,8-11,13-14H2,1H3/t18-/m0/s1. The molecule has 0 aromatic heterocycles. The fourth-order valence-corrected chi connectivity index (χ4v) is 3.94. The van der Waals surface area contributed by atoms with Crippen LogP contribution >= 0.6 is 0 Å². The highest BCUT2D eigenvalue weighted by Gasteiger charge is 2.34. The molecule has 0 N–H and O–H groups in total. The SMILES string of the molecule is CN(C[C@H]1CN(c2ccc(N3CCOCC3)c(F)c2)C(=O)O1)C(=O)c1ccccc1C=O. The molecule has 0 bridgehead atoms. The summed E-state index contributed by atoms with van der Waals surface area (Å²) in [5.74, 6) is -0.762. The van der Waals surface area contributed by atoms with Crippen molar-refractivity contribution in [1.82, 2.24) is 4.90 Å². The first-order valence-electron chi connectivity index (χ1n) is 10.4. The second kappa shape index (κ2) is 9.35. The molecule has 0 saturated carbocycles. The van der Waals surface area contributed by atoms with Crippen LogP contribution in [0.4, 0.5) is 20.6 Å². The van der Waals surface area contributed by atoms with E-state index in [1.54, 1.807) is 43.4 Å². The Morgan fingerprint density at radius 1 is 1.22 bits per heavy atom. The van der Waals surface area contributed by atoms with E-state index >= 15 is 0 Å². The Morgan fingerprint density at radius 3 is 2.69 bits per heavy atom. The van der Waals surface area contributed by atoms with Gasteiger partial charge < -0.3 is 19.3 Å². The fraction of sp³-hybridized carbons (Fsp3) is 0.348. The smallest absolute Gasteiger partial charge is 0.414 e. The van der Waals surface area contributed by atoms with E-state index in [4.69, 9.17) is 9.47 Å². The lowest BCUT2D eigenvalue weighted by Crippen LogP contribution is -2.37. The number of anilines is 2. The molecule has 0 spiro atoms. The molecule has 0 unspecified atom stereocenters. The van der Waals surface area contributed by atoms with E-state index < -0.39 is 18.0 Å². The van der Waals surface area contributed by atoms with Crippen LogP contribution in [-0.2, 0) is 9.47 Å². The largest absolute Gasteiger partial charge is 0.442 e. The summed E-state index contributed by atoms with van der Waals surface area (Å²) in [6, 6.07) is 11.2. The Hall–Kier alpha value is -3.46. The second-order valence-corrected chi connectivity index (χ2v) is 7.74. The Labute approximate surface area is 185 Å². The van der Waals surface area contributed by atoms with E-state index in [0.717, 1.165) is 0 Å². The van der Waals surface area contributed by atoms with Gasteiger partial charge in [0.2, 0.25) is 0 Å². The van der Waals surface area contributed by atoms with E-state index in [1.807, 2.05) is 4.90 Å². The summed E-state index contributed by atoms with van der Waals surface area (Å²) in [5.41, 5.74) is 1.45. The maximum Gasteiger partial charge on any atom is 0.414 e. The minimum atomic E-state index is -0.595. The number of rotatable bonds is 6. The molecule has 32 heavy (non-hydrogen) atoms. The Balaban J connectivity index is 1.42. The molecule has 2 saturated heterocycles. The summed E-state index contributed by atoms with van der Waals surface area (Å²) in [6.45, 7) is 2.63. The Bertz CT molecular complexity index is 1020. The molecule has 9 heteroatoms. The number of nitrogens with zero attached hydrogens (tertiary/aromatic N) is 3.